The zero-order valence-corrected chi connectivity index (χ0v) is 6.80. The normalized spacial score (nSPS) is 15.8. The molecule has 0 heterocycles. The standard InChI is InChI=1S/C9H16O/c1-4-6-7-9(10)8(3)5-2/h1,8-10H,5-7H2,2-3H3. The monoisotopic (exact) mass is 140 g/mol. The largest absolute Gasteiger partial charge is 0.393 e. The van der Waals surface area contributed by atoms with Gasteiger partial charge in [-0.1, -0.05) is 20.3 Å². The summed E-state index contributed by atoms with van der Waals surface area (Å²) in [6, 6.07) is 0. The summed E-state index contributed by atoms with van der Waals surface area (Å²) in [7, 11) is 0. The van der Waals surface area contributed by atoms with Crippen LogP contribution in [-0.4, -0.2) is 11.2 Å². The predicted molar refractivity (Wildman–Crippen MR) is 43.5 cm³/mol. The molecule has 0 aliphatic rings. The third kappa shape index (κ3) is 3.53. The van der Waals surface area contributed by atoms with Gasteiger partial charge in [0.25, 0.3) is 0 Å². The highest BCUT2D eigenvalue weighted by Gasteiger charge is 2.10. The van der Waals surface area contributed by atoms with Gasteiger partial charge in [0.05, 0.1) is 6.10 Å². The molecule has 0 aromatic carbocycles. The molecule has 0 fully saturated rings. The van der Waals surface area contributed by atoms with E-state index in [2.05, 4.69) is 12.8 Å². The molecule has 0 spiro atoms. The van der Waals surface area contributed by atoms with Crippen LogP contribution < -0.4 is 0 Å². The lowest BCUT2D eigenvalue weighted by Crippen LogP contribution is -2.16. The lowest BCUT2D eigenvalue weighted by Gasteiger charge is -2.14. The summed E-state index contributed by atoms with van der Waals surface area (Å²) in [6.45, 7) is 4.12. The molecule has 1 heteroatoms. The maximum Gasteiger partial charge on any atom is 0.0574 e. The van der Waals surface area contributed by atoms with Crippen molar-refractivity contribution in [1.82, 2.24) is 0 Å². The van der Waals surface area contributed by atoms with Crippen molar-refractivity contribution in [2.75, 3.05) is 0 Å². The second-order valence-corrected chi connectivity index (χ2v) is 2.70. The van der Waals surface area contributed by atoms with Crippen molar-refractivity contribution in [2.45, 2.75) is 39.2 Å². The molecule has 0 amide bonds. The zero-order chi connectivity index (χ0) is 7.98. The minimum Gasteiger partial charge on any atom is -0.393 e. The number of rotatable bonds is 4. The van der Waals surface area contributed by atoms with Crippen LogP contribution in [0.2, 0.25) is 0 Å². The SMILES string of the molecule is C#CCCC(O)C(C)CC. The van der Waals surface area contributed by atoms with Gasteiger partial charge in [0, 0.05) is 6.42 Å². The Morgan fingerprint density at radius 2 is 2.20 bits per heavy atom. The Hall–Kier alpha value is -0.480. The Morgan fingerprint density at radius 3 is 2.60 bits per heavy atom. The van der Waals surface area contributed by atoms with Gasteiger partial charge >= 0.3 is 0 Å². The van der Waals surface area contributed by atoms with Crippen LogP contribution in [0.25, 0.3) is 0 Å². The van der Waals surface area contributed by atoms with Crippen LogP contribution in [0.4, 0.5) is 0 Å². The minimum absolute atomic E-state index is 0.207. The highest BCUT2D eigenvalue weighted by molar-refractivity contribution is 4.84. The molecule has 0 bridgehead atoms. The van der Waals surface area contributed by atoms with Gasteiger partial charge in [-0.3, -0.25) is 0 Å². The number of terminal acetylenes is 1. The van der Waals surface area contributed by atoms with Crippen molar-refractivity contribution >= 4 is 0 Å². The maximum absolute atomic E-state index is 9.35. The molecule has 0 aromatic rings. The first-order valence-electron chi connectivity index (χ1n) is 3.83. The molecule has 1 nitrogen and oxygen atoms in total. The van der Waals surface area contributed by atoms with Gasteiger partial charge in [0.2, 0.25) is 0 Å². The van der Waals surface area contributed by atoms with Gasteiger partial charge in [-0.2, -0.15) is 0 Å². The van der Waals surface area contributed by atoms with Gasteiger partial charge in [0.15, 0.2) is 0 Å². The Kier molecular flexibility index (Phi) is 5.06. The van der Waals surface area contributed by atoms with Crippen LogP contribution in [0, 0.1) is 18.3 Å². The smallest absolute Gasteiger partial charge is 0.0574 e. The summed E-state index contributed by atoms with van der Waals surface area (Å²) >= 11 is 0. The highest BCUT2D eigenvalue weighted by atomic mass is 16.3. The molecule has 10 heavy (non-hydrogen) atoms. The molecule has 0 rings (SSSR count). The van der Waals surface area contributed by atoms with Crippen molar-refractivity contribution in [1.29, 1.82) is 0 Å². The molecular weight excluding hydrogens is 124 g/mol. The molecule has 58 valence electrons. The maximum atomic E-state index is 9.35. The van der Waals surface area contributed by atoms with Crippen molar-refractivity contribution in [2.24, 2.45) is 5.92 Å². The van der Waals surface area contributed by atoms with Gasteiger partial charge in [-0.05, 0) is 12.3 Å². The molecule has 0 radical (unpaired) electrons. The van der Waals surface area contributed by atoms with E-state index < -0.39 is 0 Å². The molecular formula is C9H16O. The van der Waals surface area contributed by atoms with Crippen molar-refractivity contribution in [3.8, 4) is 12.3 Å². The average molecular weight is 140 g/mol. The Labute approximate surface area is 63.5 Å². The molecule has 0 aromatic heterocycles. The Balaban J connectivity index is 3.43. The van der Waals surface area contributed by atoms with Gasteiger partial charge < -0.3 is 5.11 Å². The van der Waals surface area contributed by atoms with Crippen LogP contribution in [0.1, 0.15) is 33.1 Å². The molecule has 0 saturated heterocycles. The Morgan fingerprint density at radius 1 is 1.60 bits per heavy atom. The molecule has 0 saturated carbocycles. The number of hydrogen-bond acceptors (Lipinski definition) is 1. The summed E-state index contributed by atoms with van der Waals surface area (Å²) < 4.78 is 0. The minimum atomic E-state index is -0.207. The fourth-order valence-electron chi connectivity index (χ4n) is 0.788. The van der Waals surface area contributed by atoms with Crippen LogP contribution >= 0.6 is 0 Å². The molecule has 0 aliphatic carbocycles. The van der Waals surface area contributed by atoms with Crippen molar-refractivity contribution in [3.05, 3.63) is 0 Å². The Bertz CT molecular complexity index is 112. The summed E-state index contributed by atoms with van der Waals surface area (Å²) in [5, 5.41) is 9.35. The second-order valence-electron chi connectivity index (χ2n) is 2.70. The number of aliphatic hydroxyl groups excluding tert-OH is 1. The van der Waals surface area contributed by atoms with Crippen molar-refractivity contribution < 1.29 is 5.11 Å². The van der Waals surface area contributed by atoms with Gasteiger partial charge in [-0.15, -0.1) is 12.3 Å². The summed E-state index contributed by atoms with van der Waals surface area (Å²) in [4.78, 5) is 0. The predicted octanol–water partition coefficient (Wildman–Crippen LogP) is 1.81. The fourth-order valence-corrected chi connectivity index (χ4v) is 0.788. The van der Waals surface area contributed by atoms with Crippen LogP contribution in [0.3, 0.4) is 0 Å². The lowest BCUT2D eigenvalue weighted by molar-refractivity contribution is 0.107. The summed E-state index contributed by atoms with van der Waals surface area (Å²) in [5.41, 5.74) is 0. The van der Waals surface area contributed by atoms with E-state index in [4.69, 9.17) is 6.42 Å². The van der Waals surface area contributed by atoms with Crippen molar-refractivity contribution in [3.63, 3.8) is 0 Å². The van der Waals surface area contributed by atoms with Crippen LogP contribution in [0.5, 0.6) is 0 Å². The molecule has 2 unspecified atom stereocenters. The third-order valence-electron chi connectivity index (χ3n) is 1.89. The topological polar surface area (TPSA) is 20.2 Å². The molecule has 1 N–H and O–H groups in total. The zero-order valence-electron chi connectivity index (χ0n) is 6.80. The molecule has 0 aliphatic heterocycles. The lowest BCUT2D eigenvalue weighted by atomic mass is 9.98. The van der Waals surface area contributed by atoms with E-state index in [-0.39, 0.29) is 6.10 Å². The summed E-state index contributed by atoms with van der Waals surface area (Å²) in [6.07, 6.45) is 7.30. The second kappa shape index (κ2) is 5.32. The average Bonchev–Trinajstić information content (AvgIpc) is 1.98. The van der Waals surface area contributed by atoms with E-state index in [1.807, 2.05) is 6.92 Å². The highest BCUT2D eigenvalue weighted by Crippen LogP contribution is 2.11. The van der Waals surface area contributed by atoms with E-state index in [9.17, 15) is 5.11 Å². The first-order chi connectivity index (χ1) is 4.72. The van der Waals surface area contributed by atoms with E-state index in [1.165, 1.54) is 0 Å². The van der Waals surface area contributed by atoms with E-state index in [1.54, 1.807) is 0 Å². The first kappa shape index (κ1) is 9.52. The van der Waals surface area contributed by atoms with Crippen LogP contribution in [0.15, 0.2) is 0 Å². The van der Waals surface area contributed by atoms with E-state index in [0.717, 1.165) is 12.8 Å². The first-order valence-corrected chi connectivity index (χ1v) is 3.83. The van der Waals surface area contributed by atoms with E-state index >= 15 is 0 Å². The molecule has 2 atom stereocenters. The number of hydrogen-bond donors (Lipinski definition) is 1. The quantitative estimate of drug-likeness (QED) is 0.590. The van der Waals surface area contributed by atoms with Gasteiger partial charge in [0.1, 0.15) is 0 Å². The fraction of sp³-hybridized carbons (Fsp3) is 0.778. The van der Waals surface area contributed by atoms with Gasteiger partial charge in [-0.25, -0.2) is 0 Å². The third-order valence-corrected chi connectivity index (χ3v) is 1.89. The summed E-state index contributed by atoms with van der Waals surface area (Å²) in [5.74, 6) is 2.90. The van der Waals surface area contributed by atoms with Crippen LogP contribution in [-0.2, 0) is 0 Å². The van der Waals surface area contributed by atoms with E-state index in [0.29, 0.717) is 12.3 Å². The number of aliphatic hydroxyl groups is 1.